The van der Waals surface area contributed by atoms with E-state index in [0.717, 1.165) is 37.9 Å². The summed E-state index contributed by atoms with van der Waals surface area (Å²) in [6.45, 7) is 9.59. The van der Waals surface area contributed by atoms with Gasteiger partial charge in [0.2, 0.25) is 0 Å². The molecule has 0 N–H and O–H groups in total. The van der Waals surface area contributed by atoms with Crippen LogP contribution in [-0.2, 0) is 25.9 Å². The van der Waals surface area contributed by atoms with E-state index in [1.807, 2.05) is 6.07 Å². The Hall–Kier alpha value is -2.13. The molecule has 3 aromatic rings. The summed E-state index contributed by atoms with van der Waals surface area (Å²) in [6, 6.07) is 14.4. The van der Waals surface area contributed by atoms with Gasteiger partial charge in [-0.05, 0) is 61.7 Å². The lowest BCUT2D eigenvalue weighted by molar-refractivity contribution is 0.192. The van der Waals surface area contributed by atoms with Gasteiger partial charge in [0.05, 0.1) is 0 Å². The maximum atomic E-state index is 14.0. The first kappa shape index (κ1) is 17.3. The molecule has 1 aliphatic rings. The highest BCUT2D eigenvalue weighted by atomic mass is 19.1. The van der Waals surface area contributed by atoms with Crippen LogP contribution in [0.5, 0.6) is 0 Å². The van der Waals surface area contributed by atoms with Gasteiger partial charge < -0.3 is 4.57 Å². The summed E-state index contributed by atoms with van der Waals surface area (Å²) in [5.74, 6) is -0.141. The summed E-state index contributed by atoms with van der Waals surface area (Å²) in [6.07, 6.45) is 2.04. The Morgan fingerprint density at radius 2 is 1.96 bits per heavy atom. The molecule has 1 aliphatic heterocycles. The Bertz CT molecular complexity index is 941. The Morgan fingerprint density at radius 1 is 1.15 bits per heavy atom. The fourth-order valence-corrected chi connectivity index (χ4v) is 4.43. The molecule has 0 amide bonds. The normalized spacial score (nSPS) is 17.6. The molecule has 2 nitrogen and oxygen atoms in total. The molecule has 4 rings (SSSR count). The number of likely N-dealkylation sites (N-methyl/N-ethyl adjacent to an activating group) is 1. The third-order valence-corrected chi connectivity index (χ3v) is 5.99. The highest BCUT2D eigenvalue weighted by molar-refractivity contribution is 5.86. The number of aryl methyl sites for hydroxylation is 3. The molecule has 1 unspecified atom stereocenters. The fourth-order valence-electron chi connectivity index (χ4n) is 4.43. The van der Waals surface area contributed by atoms with Crippen molar-refractivity contribution in [1.82, 2.24) is 9.47 Å². The molecular formula is C23H27FN2. The molecule has 1 aromatic heterocycles. The number of nitrogens with zero attached hydrogens (tertiary/aromatic N) is 2. The molecule has 0 bridgehead atoms. The predicted molar refractivity (Wildman–Crippen MR) is 106 cm³/mol. The van der Waals surface area contributed by atoms with Crippen molar-refractivity contribution in [2.75, 3.05) is 6.54 Å². The fraction of sp³-hybridized carbons (Fsp3) is 0.391. The maximum absolute atomic E-state index is 14.0. The SMILES string of the molecule is CCN1Cc2c(n(CCc3ccccc3C)c3ccc(F)cc23)CC1C. The average Bonchev–Trinajstić information content (AvgIpc) is 2.92. The summed E-state index contributed by atoms with van der Waals surface area (Å²) in [5, 5.41) is 1.09. The second-order valence-corrected chi connectivity index (χ2v) is 7.53. The number of aromatic nitrogens is 1. The van der Waals surface area contributed by atoms with E-state index < -0.39 is 0 Å². The van der Waals surface area contributed by atoms with Gasteiger partial charge in [-0.3, -0.25) is 4.90 Å². The van der Waals surface area contributed by atoms with Crippen LogP contribution in [-0.4, -0.2) is 22.1 Å². The number of fused-ring (bicyclic) bond motifs is 3. The molecule has 0 spiro atoms. The van der Waals surface area contributed by atoms with Crippen molar-refractivity contribution in [2.24, 2.45) is 0 Å². The average molecular weight is 350 g/mol. The summed E-state index contributed by atoms with van der Waals surface area (Å²) in [4.78, 5) is 2.48. The van der Waals surface area contributed by atoms with E-state index in [9.17, 15) is 4.39 Å². The lowest BCUT2D eigenvalue weighted by atomic mass is 9.99. The van der Waals surface area contributed by atoms with Crippen molar-refractivity contribution in [3.63, 3.8) is 0 Å². The smallest absolute Gasteiger partial charge is 0.123 e. The third-order valence-electron chi connectivity index (χ3n) is 5.99. The highest BCUT2D eigenvalue weighted by Crippen LogP contribution is 2.33. The molecular weight excluding hydrogens is 323 g/mol. The molecule has 0 saturated heterocycles. The first-order valence-electron chi connectivity index (χ1n) is 9.66. The van der Waals surface area contributed by atoms with Crippen molar-refractivity contribution in [3.05, 3.63) is 70.7 Å². The minimum Gasteiger partial charge on any atom is -0.344 e. The van der Waals surface area contributed by atoms with E-state index in [1.165, 1.54) is 27.9 Å². The summed E-state index contributed by atoms with van der Waals surface area (Å²) < 4.78 is 16.4. The molecule has 0 saturated carbocycles. The van der Waals surface area contributed by atoms with Gasteiger partial charge in [0.1, 0.15) is 5.82 Å². The monoisotopic (exact) mass is 350 g/mol. The number of benzene rings is 2. The Labute approximate surface area is 155 Å². The minimum absolute atomic E-state index is 0.141. The Balaban J connectivity index is 1.77. The number of hydrogen-bond acceptors (Lipinski definition) is 1. The van der Waals surface area contributed by atoms with E-state index in [0.29, 0.717) is 6.04 Å². The minimum atomic E-state index is -0.141. The van der Waals surface area contributed by atoms with Gasteiger partial charge >= 0.3 is 0 Å². The van der Waals surface area contributed by atoms with E-state index in [-0.39, 0.29) is 5.82 Å². The van der Waals surface area contributed by atoms with Crippen LogP contribution < -0.4 is 0 Å². The van der Waals surface area contributed by atoms with Crippen LogP contribution in [0.3, 0.4) is 0 Å². The van der Waals surface area contributed by atoms with Crippen LogP contribution in [0.25, 0.3) is 10.9 Å². The van der Waals surface area contributed by atoms with Crippen molar-refractivity contribution in [1.29, 1.82) is 0 Å². The molecule has 26 heavy (non-hydrogen) atoms. The molecule has 0 aliphatic carbocycles. The van der Waals surface area contributed by atoms with Crippen molar-refractivity contribution >= 4 is 10.9 Å². The van der Waals surface area contributed by atoms with Gasteiger partial charge in [-0.2, -0.15) is 0 Å². The maximum Gasteiger partial charge on any atom is 0.123 e. The topological polar surface area (TPSA) is 8.17 Å². The van der Waals surface area contributed by atoms with Gasteiger partial charge in [0, 0.05) is 42.1 Å². The lowest BCUT2D eigenvalue weighted by Gasteiger charge is -2.33. The molecule has 1 atom stereocenters. The number of hydrogen-bond donors (Lipinski definition) is 0. The summed E-state index contributed by atoms with van der Waals surface area (Å²) in [5.41, 5.74) is 6.63. The van der Waals surface area contributed by atoms with Gasteiger partial charge in [-0.15, -0.1) is 0 Å². The zero-order valence-corrected chi connectivity index (χ0v) is 15.9. The largest absolute Gasteiger partial charge is 0.344 e. The van der Waals surface area contributed by atoms with E-state index in [4.69, 9.17) is 0 Å². The molecule has 0 fully saturated rings. The first-order chi connectivity index (χ1) is 12.6. The number of halogens is 1. The van der Waals surface area contributed by atoms with E-state index in [1.54, 1.807) is 12.1 Å². The zero-order chi connectivity index (χ0) is 18.3. The van der Waals surface area contributed by atoms with E-state index in [2.05, 4.69) is 54.5 Å². The molecule has 2 heterocycles. The third kappa shape index (κ3) is 2.95. The van der Waals surface area contributed by atoms with Crippen LogP contribution in [0.1, 0.15) is 36.2 Å². The van der Waals surface area contributed by atoms with Crippen LogP contribution in [0, 0.1) is 12.7 Å². The second-order valence-electron chi connectivity index (χ2n) is 7.53. The second kappa shape index (κ2) is 6.88. The zero-order valence-electron chi connectivity index (χ0n) is 15.9. The van der Waals surface area contributed by atoms with Crippen LogP contribution in [0.2, 0.25) is 0 Å². The Morgan fingerprint density at radius 3 is 2.73 bits per heavy atom. The van der Waals surface area contributed by atoms with Gasteiger partial charge in [-0.1, -0.05) is 31.2 Å². The van der Waals surface area contributed by atoms with Crippen molar-refractivity contribution in [2.45, 2.75) is 52.7 Å². The lowest BCUT2D eigenvalue weighted by Crippen LogP contribution is -2.38. The van der Waals surface area contributed by atoms with Gasteiger partial charge in [0.25, 0.3) is 0 Å². The first-order valence-corrected chi connectivity index (χ1v) is 9.66. The standard InChI is InChI=1S/C23H27FN2/c1-4-25-15-21-20-14-19(24)9-10-22(20)26(23(21)13-17(25)3)12-11-18-8-6-5-7-16(18)2/h5-10,14,17H,4,11-13,15H2,1-3H3. The van der Waals surface area contributed by atoms with Crippen LogP contribution >= 0.6 is 0 Å². The van der Waals surface area contributed by atoms with Crippen molar-refractivity contribution in [3.8, 4) is 0 Å². The summed E-state index contributed by atoms with van der Waals surface area (Å²) >= 11 is 0. The predicted octanol–water partition coefficient (Wildman–Crippen LogP) is 5.10. The molecule has 0 radical (unpaired) electrons. The van der Waals surface area contributed by atoms with Gasteiger partial charge in [0.15, 0.2) is 0 Å². The van der Waals surface area contributed by atoms with Crippen LogP contribution in [0.4, 0.5) is 4.39 Å². The number of rotatable bonds is 4. The molecule has 3 heteroatoms. The van der Waals surface area contributed by atoms with Gasteiger partial charge in [-0.25, -0.2) is 4.39 Å². The van der Waals surface area contributed by atoms with E-state index >= 15 is 0 Å². The quantitative estimate of drug-likeness (QED) is 0.636. The molecule has 136 valence electrons. The molecule has 2 aromatic carbocycles. The highest BCUT2D eigenvalue weighted by Gasteiger charge is 2.27. The summed E-state index contributed by atoms with van der Waals surface area (Å²) in [7, 11) is 0. The Kier molecular flexibility index (Phi) is 4.58. The van der Waals surface area contributed by atoms with Crippen molar-refractivity contribution < 1.29 is 4.39 Å². The van der Waals surface area contributed by atoms with Crippen LogP contribution in [0.15, 0.2) is 42.5 Å².